The summed E-state index contributed by atoms with van der Waals surface area (Å²) in [6.07, 6.45) is 1.30. The number of aromatic nitrogens is 1. The normalized spacial score (nSPS) is 19.0. The molecule has 154 valence electrons. The number of fused-ring (bicyclic) bond motifs is 4. The molecule has 0 bridgehead atoms. The van der Waals surface area contributed by atoms with Gasteiger partial charge in [-0.05, 0) is 52.7 Å². The molecule has 0 saturated carbocycles. The maximum absolute atomic E-state index is 13.3. The Morgan fingerprint density at radius 3 is 2.72 bits per heavy atom. The van der Waals surface area contributed by atoms with Crippen LogP contribution in [0.3, 0.4) is 0 Å². The topological polar surface area (TPSA) is 103 Å². The van der Waals surface area contributed by atoms with Crippen molar-refractivity contribution in [1.82, 2.24) is 4.98 Å². The minimum absolute atomic E-state index is 0.0144. The van der Waals surface area contributed by atoms with Gasteiger partial charge in [-0.3, -0.25) is 4.79 Å². The van der Waals surface area contributed by atoms with E-state index < -0.39 is 24.2 Å². The highest BCUT2D eigenvalue weighted by atomic mass is 79.9. The molecule has 1 aromatic heterocycles. The third-order valence-electron chi connectivity index (χ3n) is 5.86. The Labute approximate surface area is 177 Å². The first-order valence-electron chi connectivity index (χ1n) is 9.64. The van der Waals surface area contributed by atoms with Gasteiger partial charge in [0.2, 0.25) is 0 Å². The molecule has 1 heterocycles. The molecule has 2 atom stereocenters. The summed E-state index contributed by atoms with van der Waals surface area (Å²) in [4.78, 5) is 16.8. The molecule has 0 amide bonds. The second kappa shape index (κ2) is 7.40. The molecule has 4 N–H and O–H groups in total. The molecule has 0 radical (unpaired) electrons. The van der Waals surface area contributed by atoms with Crippen LogP contribution in [0, 0.1) is 0 Å². The zero-order chi connectivity index (χ0) is 20.9. The predicted molar refractivity (Wildman–Crippen MR) is 113 cm³/mol. The van der Waals surface area contributed by atoms with Gasteiger partial charge in [-0.25, -0.2) is 0 Å². The summed E-state index contributed by atoms with van der Waals surface area (Å²) in [5.74, 6) is 0.511. The number of allylic oxidation sites excluding steroid dienone is 1. The largest absolute Gasteiger partial charge is 0.491 e. The van der Waals surface area contributed by atoms with Gasteiger partial charge in [0.1, 0.15) is 24.6 Å². The number of hydrogen-bond acceptors (Lipinski definition) is 5. The highest BCUT2D eigenvalue weighted by Crippen LogP contribution is 2.45. The van der Waals surface area contributed by atoms with Crippen molar-refractivity contribution in [3.8, 4) is 5.75 Å². The summed E-state index contributed by atoms with van der Waals surface area (Å²) in [5.41, 5.74) is 4.83. The molecule has 7 heteroatoms. The molecule has 6 nitrogen and oxygen atoms in total. The maximum Gasteiger partial charge on any atom is 0.195 e. The van der Waals surface area contributed by atoms with E-state index in [0.717, 1.165) is 45.4 Å². The molecule has 1 aromatic carbocycles. The van der Waals surface area contributed by atoms with E-state index >= 15 is 0 Å². The molecule has 4 rings (SSSR count). The minimum atomic E-state index is -1.26. The third kappa shape index (κ3) is 3.36. The standard InChI is InChI=1S/C22H24BrNO5/c1-22(2)15-8-12(29-10-18(27)17(26)9-25)4-6-13(15)20(28)19-14-5-3-11(23)7-16(14)24-21(19)22/h4,6-8,17-18,24-27H,3,5,9-10H2,1-2H3/t17-,18-/m1/s1. The lowest BCUT2D eigenvalue weighted by atomic mass is 9.70. The average Bonchev–Trinajstić information content (AvgIpc) is 3.09. The number of ketones is 1. The quantitative estimate of drug-likeness (QED) is 0.547. The summed E-state index contributed by atoms with van der Waals surface area (Å²) < 4.78 is 6.73. The van der Waals surface area contributed by atoms with Crippen molar-refractivity contribution in [2.45, 2.75) is 44.3 Å². The number of rotatable bonds is 5. The lowest BCUT2D eigenvalue weighted by Gasteiger charge is -2.32. The number of H-pyrrole nitrogens is 1. The van der Waals surface area contributed by atoms with Crippen LogP contribution >= 0.6 is 15.9 Å². The van der Waals surface area contributed by atoms with Gasteiger partial charge >= 0.3 is 0 Å². The molecule has 0 aliphatic heterocycles. The SMILES string of the molecule is CC1(C)c2cc(OC[C@@H](O)[C@H](O)CO)ccc2C(=O)c2c1[nH]c1c2CCC(Br)=C1. The Balaban J connectivity index is 1.70. The van der Waals surface area contributed by atoms with E-state index in [1.54, 1.807) is 12.1 Å². The number of carbonyl (C=O) groups is 1. The van der Waals surface area contributed by atoms with E-state index in [-0.39, 0.29) is 12.4 Å². The Hall–Kier alpha value is -1.93. The second-order valence-corrected chi connectivity index (χ2v) is 9.17. The van der Waals surface area contributed by atoms with Crippen LogP contribution in [0.2, 0.25) is 0 Å². The zero-order valence-corrected chi connectivity index (χ0v) is 17.9. The second-order valence-electron chi connectivity index (χ2n) is 8.15. The van der Waals surface area contributed by atoms with Crippen molar-refractivity contribution in [2.75, 3.05) is 13.2 Å². The number of nitrogens with one attached hydrogen (secondary N) is 1. The Morgan fingerprint density at radius 2 is 2.00 bits per heavy atom. The molecule has 2 aromatic rings. The van der Waals surface area contributed by atoms with Crippen LogP contribution in [0.4, 0.5) is 0 Å². The van der Waals surface area contributed by atoms with Gasteiger partial charge in [-0.1, -0.05) is 29.8 Å². The summed E-state index contributed by atoms with van der Waals surface area (Å²) in [5, 5.41) is 28.2. The number of aromatic amines is 1. The summed E-state index contributed by atoms with van der Waals surface area (Å²) in [6.45, 7) is 3.45. The van der Waals surface area contributed by atoms with Crippen molar-refractivity contribution in [3.63, 3.8) is 0 Å². The van der Waals surface area contributed by atoms with Gasteiger partial charge < -0.3 is 25.0 Å². The summed E-state index contributed by atoms with van der Waals surface area (Å²) >= 11 is 3.56. The molecule has 0 fully saturated rings. The number of aliphatic hydroxyl groups is 3. The Kier molecular flexibility index (Phi) is 5.19. The number of ether oxygens (including phenoxy) is 1. The fraction of sp³-hybridized carbons (Fsp3) is 0.409. The first-order valence-corrected chi connectivity index (χ1v) is 10.4. The fourth-order valence-corrected chi connectivity index (χ4v) is 4.57. The molecule has 2 aliphatic rings. The van der Waals surface area contributed by atoms with Gasteiger partial charge in [-0.2, -0.15) is 0 Å². The van der Waals surface area contributed by atoms with Crippen LogP contribution in [0.1, 0.15) is 58.7 Å². The number of benzene rings is 1. The van der Waals surface area contributed by atoms with E-state index in [1.165, 1.54) is 0 Å². The smallest absolute Gasteiger partial charge is 0.195 e. The van der Waals surface area contributed by atoms with Crippen LogP contribution in [0.25, 0.3) is 6.08 Å². The predicted octanol–water partition coefficient (Wildman–Crippen LogP) is 2.66. The van der Waals surface area contributed by atoms with Crippen LogP contribution in [0.5, 0.6) is 5.75 Å². The monoisotopic (exact) mass is 461 g/mol. The highest BCUT2D eigenvalue weighted by Gasteiger charge is 2.41. The van der Waals surface area contributed by atoms with E-state index in [1.807, 2.05) is 12.1 Å². The molecule has 0 saturated heterocycles. The van der Waals surface area contributed by atoms with Gasteiger partial charge in [0, 0.05) is 27.9 Å². The number of aliphatic hydroxyl groups excluding tert-OH is 3. The first-order chi connectivity index (χ1) is 13.7. The first kappa shape index (κ1) is 20.3. The number of carbonyl (C=O) groups excluding carboxylic acids is 1. The summed E-state index contributed by atoms with van der Waals surface area (Å²) in [7, 11) is 0. The van der Waals surface area contributed by atoms with Crippen molar-refractivity contribution in [1.29, 1.82) is 0 Å². The molecule has 0 unspecified atom stereocenters. The molecular formula is C22H24BrNO5. The molecule has 29 heavy (non-hydrogen) atoms. The van der Waals surface area contributed by atoms with Crippen LogP contribution in [-0.2, 0) is 11.8 Å². The van der Waals surface area contributed by atoms with E-state index in [2.05, 4.69) is 34.8 Å². The van der Waals surface area contributed by atoms with E-state index in [0.29, 0.717) is 11.3 Å². The van der Waals surface area contributed by atoms with Gasteiger partial charge in [0.15, 0.2) is 5.78 Å². The maximum atomic E-state index is 13.3. The average molecular weight is 462 g/mol. The minimum Gasteiger partial charge on any atom is -0.491 e. The number of halogens is 1. The highest BCUT2D eigenvalue weighted by molar-refractivity contribution is 9.11. The zero-order valence-electron chi connectivity index (χ0n) is 16.3. The van der Waals surface area contributed by atoms with Crippen LogP contribution in [-0.4, -0.2) is 51.5 Å². The van der Waals surface area contributed by atoms with E-state index in [9.17, 15) is 15.0 Å². The number of hydrogen-bond donors (Lipinski definition) is 4. The molecule has 0 spiro atoms. The molecular weight excluding hydrogens is 438 g/mol. The van der Waals surface area contributed by atoms with Crippen molar-refractivity contribution < 1.29 is 24.9 Å². The molecule has 2 aliphatic carbocycles. The third-order valence-corrected chi connectivity index (χ3v) is 6.49. The van der Waals surface area contributed by atoms with E-state index in [4.69, 9.17) is 9.84 Å². The Bertz CT molecular complexity index is 1010. The van der Waals surface area contributed by atoms with Gasteiger partial charge in [-0.15, -0.1) is 0 Å². The fourth-order valence-electron chi connectivity index (χ4n) is 4.15. The Morgan fingerprint density at radius 1 is 1.24 bits per heavy atom. The van der Waals surface area contributed by atoms with Crippen molar-refractivity contribution in [2.24, 2.45) is 0 Å². The summed E-state index contributed by atoms with van der Waals surface area (Å²) in [6, 6.07) is 5.28. The van der Waals surface area contributed by atoms with Gasteiger partial charge in [0.25, 0.3) is 0 Å². The lowest BCUT2D eigenvalue weighted by Crippen LogP contribution is -2.34. The lowest BCUT2D eigenvalue weighted by molar-refractivity contribution is -0.0339. The van der Waals surface area contributed by atoms with Crippen LogP contribution in [0.15, 0.2) is 22.7 Å². The van der Waals surface area contributed by atoms with Gasteiger partial charge in [0.05, 0.1) is 6.61 Å². The van der Waals surface area contributed by atoms with Crippen LogP contribution < -0.4 is 4.74 Å². The van der Waals surface area contributed by atoms with Crippen molar-refractivity contribution >= 4 is 27.8 Å². The van der Waals surface area contributed by atoms with Crippen molar-refractivity contribution in [3.05, 3.63) is 56.3 Å².